The fourth-order valence-electron chi connectivity index (χ4n) is 1.19. The van der Waals surface area contributed by atoms with Gasteiger partial charge in [-0.15, -0.1) is 3.89 Å². The predicted octanol–water partition coefficient (Wildman–Crippen LogP) is 2.61. The first-order valence-corrected chi connectivity index (χ1v) is 5.45. The van der Waals surface area contributed by atoms with Crippen LogP contribution in [0.1, 0.15) is 25.3 Å². The van der Waals surface area contributed by atoms with Crippen LogP contribution in [0.4, 0.5) is 8.28 Å². The van der Waals surface area contributed by atoms with E-state index in [2.05, 4.69) is 0 Å². The normalized spacial score (nSPS) is 12.1. The zero-order chi connectivity index (χ0) is 10.9. The Balaban J connectivity index is 3.45. The average Bonchev–Trinajstić information content (AvgIpc) is 2.01. The molecule has 5 heteroatoms. The fraction of sp³-hybridized carbons (Fsp3) is 0.333. The van der Waals surface area contributed by atoms with Crippen molar-refractivity contribution >= 4 is 10.2 Å². The molecule has 0 aromatic heterocycles. The molecule has 0 radical (unpaired) electrons. The highest BCUT2D eigenvalue weighted by atomic mass is 32.3. The molecule has 0 aliphatic rings. The summed E-state index contributed by atoms with van der Waals surface area (Å²) in [6.07, 6.45) is 0. The van der Waals surface area contributed by atoms with Gasteiger partial charge in [-0.25, -0.2) is 4.39 Å². The zero-order valence-electron chi connectivity index (χ0n) is 7.79. The van der Waals surface area contributed by atoms with Crippen molar-refractivity contribution in [3.8, 4) is 0 Å². The maximum Gasteiger partial charge on any atom is 0.332 e. The molecular formula is C9H10F2O2S. The largest absolute Gasteiger partial charge is 0.332 e. The summed E-state index contributed by atoms with van der Waals surface area (Å²) in [6, 6.07) is 2.91. The zero-order valence-corrected chi connectivity index (χ0v) is 8.61. The molecule has 0 saturated carbocycles. The highest BCUT2D eigenvalue weighted by Gasteiger charge is 2.19. The molecule has 0 heterocycles. The minimum atomic E-state index is -4.76. The second-order valence-corrected chi connectivity index (χ2v) is 4.59. The van der Waals surface area contributed by atoms with Gasteiger partial charge in [-0.1, -0.05) is 13.8 Å². The van der Waals surface area contributed by atoms with Crippen molar-refractivity contribution in [2.45, 2.75) is 24.7 Å². The minimum absolute atomic E-state index is 0.160. The van der Waals surface area contributed by atoms with E-state index >= 15 is 0 Å². The molecule has 0 unspecified atom stereocenters. The molecule has 1 aromatic rings. The van der Waals surface area contributed by atoms with E-state index < -0.39 is 20.9 Å². The van der Waals surface area contributed by atoms with Crippen LogP contribution in [0, 0.1) is 5.82 Å². The van der Waals surface area contributed by atoms with Gasteiger partial charge in [0.2, 0.25) is 0 Å². The SMILES string of the molecule is CC(C)c1cc(F)ccc1S(=O)(=O)F. The van der Waals surface area contributed by atoms with Crippen LogP contribution < -0.4 is 0 Å². The molecule has 78 valence electrons. The van der Waals surface area contributed by atoms with Crippen LogP contribution in [0.15, 0.2) is 23.1 Å². The lowest BCUT2D eigenvalue weighted by Gasteiger charge is -2.09. The van der Waals surface area contributed by atoms with Gasteiger partial charge in [0, 0.05) is 0 Å². The third-order valence-corrected chi connectivity index (χ3v) is 2.75. The summed E-state index contributed by atoms with van der Waals surface area (Å²) in [5.41, 5.74) is 0.160. The molecule has 1 rings (SSSR count). The highest BCUT2D eigenvalue weighted by molar-refractivity contribution is 7.86. The number of hydrogen-bond acceptors (Lipinski definition) is 2. The quantitative estimate of drug-likeness (QED) is 0.718. The Kier molecular flexibility index (Phi) is 2.89. The molecular weight excluding hydrogens is 210 g/mol. The van der Waals surface area contributed by atoms with Crippen molar-refractivity contribution in [1.29, 1.82) is 0 Å². The minimum Gasteiger partial charge on any atom is -0.207 e. The first kappa shape index (κ1) is 11.1. The Morgan fingerprint density at radius 1 is 1.29 bits per heavy atom. The van der Waals surface area contributed by atoms with Gasteiger partial charge in [0.05, 0.1) is 0 Å². The summed E-state index contributed by atoms with van der Waals surface area (Å²) in [6.45, 7) is 3.34. The van der Waals surface area contributed by atoms with Crippen molar-refractivity contribution in [2.24, 2.45) is 0 Å². The summed E-state index contributed by atoms with van der Waals surface area (Å²) in [5.74, 6) is -0.813. The molecule has 0 bridgehead atoms. The van der Waals surface area contributed by atoms with E-state index in [4.69, 9.17) is 0 Å². The Labute approximate surface area is 81.8 Å². The Hall–Kier alpha value is -0.970. The van der Waals surface area contributed by atoms with Crippen molar-refractivity contribution in [3.63, 3.8) is 0 Å². The van der Waals surface area contributed by atoms with E-state index in [9.17, 15) is 16.7 Å². The second-order valence-electron chi connectivity index (χ2n) is 3.27. The molecule has 0 N–H and O–H groups in total. The third-order valence-electron chi connectivity index (χ3n) is 1.86. The van der Waals surface area contributed by atoms with Gasteiger partial charge in [0.1, 0.15) is 10.7 Å². The average molecular weight is 220 g/mol. The molecule has 0 fully saturated rings. The van der Waals surface area contributed by atoms with Gasteiger partial charge < -0.3 is 0 Å². The fourth-order valence-corrected chi connectivity index (χ4v) is 2.00. The van der Waals surface area contributed by atoms with Gasteiger partial charge in [-0.2, -0.15) is 8.42 Å². The Morgan fingerprint density at radius 3 is 2.29 bits per heavy atom. The predicted molar refractivity (Wildman–Crippen MR) is 48.8 cm³/mol. The van der Waals surface area contributed by atoms with Crippen LogP contribution in [0.25, 0.3) is 0 Å². The topological polar surface area (TPSA) is 34.1 Å². The Bertz CT molecular complexity index is 438. The van der Waals surface area contributed by atoms with Gasteiger partial charge >= 0.3 is 10.2 Å². The third kappa shape index (κ3) is 2.29. The molecule has 2 nitrogen and oxygen atoms in total. The summed E-state index contributed by atoms with van der Waals surface area (Å²) < 4.78 is 46.9. The first-order chi connectivity index (χ1) is 6.32. The van der Waals surface area contributed by atoms with Crippen LogP contribution in [-0.2, 0) is 10.2 Å². The molecule has 14 heavy (non-hydrogen) atoms. The summed E-state index contributed by atoms with van der Waals surface area (Å²) in [4.78, 5) is -0.450. The summed E-state index contributed by atoms with van der Waals surface area (Å²) >= 11 is 0. The number of benzene rings is 1. The van der Waals surface area contributed by atoms with E-state index in [-0.39, 0.29) is 11.5 Å². The lowest BCUT2D eigenvalue weighted by molar-refractivity contribution is 0.548. The van der Waals surface area contributed by atoms with Gasteiger partial charge in [-0.05, 0) is 29.7 Å². The highest BCUT2D eigenvalue weighted by Crippen LogP contribution is 2.25. The maximum atomic E-state index is 12.8. The monoisotopic (exact) mass is 220 g/mol. The molecule has 0 spiro atoms. The smallest absolute Gasteiger partial charge is 0.207 e. The molecule has 1 aromatic carbocycles. The van der Waals surface area contributed by atoms with Crippen molar-refractivity contribution in [1.82, 2.24) is 0 Å². The van der Waals surface area contributed by atoms with Gasteiger partial charge in [-0.3, -0.25) is 0 Å². The van der Waals surface area contributed by atoms with E-state index in [1.165, 1.54) is 0 Å². The molecule has 0 saturated heterocycles. The van der Waals surface area contributed by atoms with Crippen molar-refractivity contribution in [3.05, 3.63) is 29.6 Å². The van der Waals surface area contributed by atoms with E-state index in [1.807, 2.05) is 0 Å². The molecule has 0 aliphatic heterocycles. The number of rotatable bonds is 2. The van der Waals surface area contributed by atoms with Crippen LogP contribution in [0.5, 0.6) is 0 Å². The standard InChI is InChI=1S/C9H10F2O2S/c1-6(2)8-5-7(10)3-4-9(8)14(11,12)13/h3-6H,1-2H3. The molecule has 0 aliphatic carbocycles. The van der Waals surface area contributed by atoms with Crippen LogP contribution >= 0.6 is 0 Å². The summed E-state index contributed by atoms with van der Waals surface area (Å²) in [5, 5.41) is 0. The van der Waals surface area contributed by atoms with Gasteiger partial charge in [0.15, 0.2) is 0 Å². The summed E-state index contributed by atoms with van der Waals surface area (Å²) in [7, 11) is -4.76. The Morgan fingerprint density at radius 2 is 1.86 bits per heavy atom. The van der Waals surface area contributed by atoms with Crippen LogP contribution in [0.3, 0.4) is 0 Å². The lowest BCUT2D eigenvalue weighted by atomic mass is 10.0. The number of hydrogen-bond donors (Lipinski definition) is 0. The van der Waals surface area contributed by atoms with Gasteiger partial charge in [0.25, 0.3) is 0 Å². The van der Waals surface area contributed by atoms with Crippen molar-refractivity contribution in [2.75, 3.05) is 0 Å². The van der Waals surface area contributed by atoms with E-state index in [0.29, 0.717) is 0 Å². The van der Waals surface area contributed by atoms with Crippen molar-refractivity contribution < 1.29 is 16.7 Å². The van der Waals surface area contributed by atoms with E-state index in [1.54, 1.807) is 13.8 Å². The number of halogens is 2. The second kappa shape index (κ2) is 3.65. The van der Waals surface area contributed by atoms with E-state index in [0.717, 1.165) is 18.2 Å². The molecule has 0 atom stereocenters. The molecule has 0 amide bonds. The van der Waals surface area contributed by atoms with Crippen LogP contribution in [0.2, 0.25) is 0 Å². The van der Waals surface area contributed by atoms with Crippen LogP contribution in [-0.4, -0.2) is 8.42 Å². The lowest BCUT2D eigenvalue weighted by Crippen LogP contribution is -2.01. The first-order valence-electron chi connectivity index (χ1n) is 4.06. The maximum absolute atomic E-state index is 12.8.